The van der Waals surface area contributed by atoms with Crippen LogP contribution in [-0.4, -0.2) is 35.8 Å². The Hall–Kier alpha value is -1.84. The van der Waals surface area contributed by atoms with Gasteiger partial charge in [0.15, 0.2) is 0 Å². The average molecular weight is 246 g/mol. The zero-order valence-corrected chi connectivity index (χ0v) is 11.2. The molecular weight excluding hydrogens is 228 g/mol. The molecule has 0 aromatic heterocycles. The van der Waals surface area contributed by atoms with E-state index in [0.29, 0.717) is 5.92 Å². The van der Waals surface area contributed by atoms with Crippen molar-refractivity contribution < 1.29 is 9.59 Å². The van der Waals surface area contributed by atoms with E-state index in [2.05, 4.69) is 13.8 Å². The Balaban J connectivity index is 2.32. The molecule has 2 rings (SSSR count). The first-order chi connectivity index (χ1) is 8.43. The summed E-state index contributed by atoms with van der Waals surface area (Å²) in [5.41, 5.74) is 2.09. The number of carbonyl (C=O) groups is 2. The molecule has 0 aliphatic carbocycles. The molecule has 1 saturated heterocycles. The number of amides is 3. The van der Waals surface area contributed by atoms with E-state index in [-0.39, 0.29) is 11.9 Å². The highest BCUT2D eigenvalue weighted by molar-refractivity contribution is 6.04. The van der Waals surface area contributed by atoms with Gasteiger partial charge in [-0.15, -0.1) is 0 Å². The summed E-state index contributed by atoms with van der Waals surface area (Å²) in [7, 11) is 3.18. The second-order valence-electron chi connectivity index (χ2n) is 5.01. The molecule has 1 unspecified atom stereocenters. The van der Waals surface area contributed by atoms with Gasteiger partial charge in [0.1, 0.15) is 6.04 Å². The number of carbonyl (C=O) groups excluding carboxylic acids is 2. The summed E-state index contributed by atoms with van der Waals surface area (Å²) in [4.78, 5) is 26.4. The van der Waals surface area contributed by atoms with E-state index in [1.54, 1.807) is 7.05 Å². The van der Waals surface area contributed by atoms with Gasteiger partial charge in [0, 0.05) is 14.1 Å². The Kier molecular flexibility index (Phi) is 3.11. The van der Waals surface area contributed by atoms with Gasteiger partial charge in [-0.05, 0) is 17.0 Å². The molecule has 0 spiro atoms. The van der Waals surface area contributed by atoms with Crippen molar-refractivity contribution in [3.63, 3.8) is 0 Å². The van der Waals surface area contributed by atoms with Crippen LogP contribution in [0.1, 0.15) is 36.9 Å². The van der Waals surface area contributed by atoms with Gasteiger partial charge in [-0.2, -0.15) is 0 Å². The lowest BCUT2D eigenvalue weighted by Crippen LogP contribution is -2.27. The maximum absolute atomic E-state index is 12.0. The minimum atomic E-state index is -0.483. The van der Waals surface area contributed by atoms with Crippen LogP contribution in [0.2, 0.25) is 0 Å². The molecule has 1 aliphatic heterocycles. The predicted molar refractivity (Wildman–Crippen MR) is 69.2 cm³/mol. The standard InChI is InChI=1S/C14H18N2O2/c1-9(2)10-5-7-11(8-6-10)12-13(17)16(4)14(18)15(12)3/h5-9,12H,1-4H3. The van der Waals surface area contributed by atoms with Crippen LogP contribution in [0.15, 0.2) is 24.3 Å². The van der Waals surface area contributed by atoms with Crippen molar-refractivity contribution in [3.05, 3.63) is 35.4 Å². The van der Waals surface area contributed by atoms with Crippen molar-refractivity contribution in [1.82, 2.24) is 9.80 Å². The normalized spacial score (nSPS) is 20.2. The first-order valence-corrected chi connectivity index (χ1v) is 6.07. The summed E-state index contributed by atoms with van der Waals surface area (Å²) >= 11 is 0. The topological polar surface area (TPSA) is 40.6 Å². The quantitative estimate of drug-likeness (QED) is 0.752. The Morgan fingerprint density at radius 1 is 1.06 bits per heavy atom. The summed E-state index contributed by atoms with van der Waals surface area (Å²) in [5, 5.41) is 0. The molecule has 4 nitrogen and oxygen atoms in total. The number of rotatable bonds is 2. The Morgan fingerprint density at radius 2 is 1.61 bits per heavy atom. The lowest BCUT2D eigenvalue weighted by Gasteiger charge is -2.17. The number of urea groups is 1. The van der Waals surface area contributed by atoms with Gasteiger partial charge in [0.25, 0.3) is 5.91 Å². The maximum Gasteiger partial charge on any atom is 0.327 e. The highest BCUT2D eigenvalue weighted by atomic mass is 16.2. The number of benzene rings is 1. The molecule has 3 amide bonds. The first kappa shape index (κ1) is 12.6. The molecule has 0 N–H and O–H groups in total. The molecule has 4 heteroatoms. The van der Waals surface area contributed by atoms with Crippen LogP contribution >= 0.6 is 0 Å². The van der Waals surface area contributed by atoms with Crippen molar-refractivity contribution in [1.29, 1.82) is 0 Å². The van der Waals surface area contributed by atoms with Gasteiger partial charge in [-0.3, -0.25) is 9.69 Å². The summed E-state index contributed by atoms with van der Waals surface area (Å²) < 4.78 is 0. The lowest BCUT2D eigenvalue weighted by atomic mass is 9.99. The lowest BCUT2D eigenvalue weighted by molar-refractivity contribution is -0.127. The van der Waals surface area contributed by atoms with E-state index >= 15 is 0 Å². The van der Waals surface area contributed by atoms with Crippen LogP contribution in [-0.2, 0) is 4.79 Å². The van der Waals surface area contributed by atoms with E-state index in [4.69, 9.17) is 0 Å². The fraction of sp³-hybridized carbons (Fsp3) is 0.429. The number of imide groups is 1. The van der Waals surface area contributed by atoms with E-state index in [1.165, 1.54) is 22.4 Å². The Morgan fingerprint density at radius 3 is 2.00 bits per heavy atom. The van der Waals surface area contributed by atoms with Crippen molar-refractivity contribution in [2.24, 2.45) is 0 Å². The largest absolute Gasteiger partial charge is 0.327 e. The molecular formula is C14H18N2O2. The summed E-state index contributed by atoms with van der Waals surface area (Å²) in [6.45, 7) is 4.25. The van der Waals surface area contributed by atoms with E-state index in [9.17, 15) is 9.59 Å². The van der Waals surface area contributed by atoms with Gasteiger partial charge >= 0.3 is 6.03 Å². The summed E-state index contributed by atoms with van der Waals surface area (Å²) in [5.74, 6) is 0.292. The van der Waals surface area contributed by atoms with Gasteiger partial charge in [0.2, 0.25) is 0 Å². The number of likely N-dealkylation sites (N-methyl/N-ethyl adjacent to an activating group) is 2. The predicted octanol–water partition coefficient (Wildman–Crippen LogP) is 2.37. The van der Waals surface area contributed by atoms with E-state index in [1.807, 2.05) is 24.3 Å². The zero-order chi connectivity index (χ0) is 13.4. The van der Waals surface area contributed by atoms with Crippen molar-refractivity contribution in [2.45, 2.75) is 25.8 Å². The Bertz CT molecular complexity index is 479. The highest BCUT2D eigenvalue weighted by Crippen LogP contribution is 2.29. The van der Waals surface area contributed by atoms with Crippen LogP contribution in [0.4, 0.5) is 4.79 Å². The summed E-state index contributed by atoms with van der Waals surface area (Å²) in [6, 6.07) is 7.16. The third-order valence-corrected chi connectivity index (χ3v) is 3.46. The molecule has 96 valence electrons. The second-order valence-corrected chi connectivity index (χ2v) is 5.01. The molecule has 1 aromatic carbocycles. The monoisotopic (exact) mass is 246 g/mol. The van der Waals surface area contributed by atoms with Crippen molar-refractivity contribution in [2.75, 3.05) is 14.1 Å². The minimum Gasteiger partial charge on any atom is -0.311 e. The van der Waals surface area contributed by atoms with Gasteiger partial charge in [0.05, 0.1) is 0 Å². The first-order valence-electron chi connectivity index (χ1n) is 6.07. The van der Waals surface area contributed by atoms with Crippen LogP contribution < -0.4 is 0 Å². The molecule has 1 aliphatic rings. The summed E-state index contributed by atoms with van der Waals surface area (Å²) in [6.07, 6.45) is 0. The average Bonchev–Trinajstić information content (AvgIpc) is 2.54. The number of nitrogens with zero attached hydrogens (tertiary/aromatic N) is 2. The van der Waals surface area contributed by atoms with E-state index in [0.717, 1.165) is 5.56 Å². The zero-order valence-electron chi connectivity index (χ0n) is 11.2. The van der Waals surface area contributed by atoms with Gasteiger partial charge < -0.3 is 4.90 Å². The van der Waals surface area contributed by atoms with Gasteiger partial charge in [-0.1, -0.05) is 38.1 Å². The molecule has 1 heterocycles. The van der Waals surface area contributed by atoms with Crippen molar-refractivity contribution >= 4 is 11.9 Å². The highest BCUT2D eigenvalue weighted by Gasteiger charge is 2.41. The minimum absolute atomic E-state index is 0.167. The van der Waals surface area contributed by atoms with Crippen molar-refractivity contribution in [3.8, 4) is 0 Å². The fourth-order valence-corrected chi connectivity index (χ4v) is 2.22. The molecule has 0 radical (unpaired) electrons. The third-order valence-electron chi connectivity index (χ3n) is 3.46. The van der Waals surface area contributed by atoms with Gasteiger partial charge in [-0.25, -0.2) is 4.79 Å². The molecule has 0 saturated carbocycles. The maximum atomic E-state index is 12.0. The SMILES string of the molecule is CC(C)c1ccc(C2C(=O)N(C)C(=O)N2C)cc1. The van der Waals surface area contributed by atoms with Crippen LogP contribution in [0.3, 0.4) is 0 Å². The van der Waals surface area contributed by atoms with Crippen LogP contribution in [0, 0.1) is 0 Å². The molecule has 1 fully saturated rings. The fourth-order valence-electron chi connectivity index (χ4n) is 2.22. The van der Waals surface area contributed by atoms with Crippen LogP contribution in [0.25, 0.3) is 0 Å². The third kappa shape index (κ3) is 1.88. The number of hydrogen-bond donors (Lipinski definition) is 0. The molecule has 1 atom stereocenters. The number of hydrogen-bond acceptors (Lipinski definition) is 2. The van der Waals surface area contributed by atoms with Crippen LogP contribution in [0.5, 0.6) is 0 Å². The second kappa shape index (κ2) is 4.44. The van der Waals surface area contributed by atoms with E-state index < -0.39 is 6.04 Å². The molecule has 18 heavy (non-hydrogen) atoms. The molecule has 1 aromatic rings. The molecule has 0 bridgehead atoms. The smallest absolute Gasteiger partial charge is 0.311 e. The Labute approximate surface area is 107 Å².